The molecule has 4 N–H and O–H groups in total. The zero-order valence-corrected chi connectivity index (χ0v) is 19.5. The summed E-state index contributed by atoms with van der Waals surface area (Å²) in [5.41, 5.74) is 2.01. The maximum Gasteiger partial charge on any atom is 0.333 e. The van der Waals surface area contributed by atoms with Crippen molar-refractivity contribution in [1.29, 1.82) is 0 Å². The summed E-state index contributed by atoms with van der Waals surface area (Å²) in [6, 6.07) is 8.83. The van der Waals surface area contributed by atoms with E-state index >= 15 is 0 Å². The SMILES string of the molecule is NS(=O)(=O)OC[C@H]1C[C@@H](Nc2ncncc2C(=O)c2cc(Cc3cccc(Cl)c3)co2)C[C@@H]1O. The normalized spacial score (nSPS) is 20.4. The molecule has 0 amide bonds. The number of hydrogen-bond acceptors (Lipinski definition) is 9. The monoisotopic (exact) mass is 506 g/mol. The number of hydrogen-bond donors (Lipinski definition) is 3. The van der Waals surface area contributed by atoms with Crippen molar-refractivity contribution >= 4 is 33.5 Å². The molecule has 1 aliphatic rings. The van der Waals surface area contributed by atoms with Gasteiger partial charge in [0.05, 0.1) is 24.5 Å². The van der Waals surface area contributed by atoms with Gasteiger partial charge in [0, 0.05) is 29.6 Å². The third-order valence-corrected chi connectivity index (χ3v) is 6.28. The second-order valence-corrected chi connectivity index (χ2v) is 9.82. The van der Waals surface area contributed by atoms with Gasteiger partial charge >= 0.3 is 10.3 Å². The number of carbonyl (C=O) groups is 1. The summed E-state index contributed by atoms with van der Waals surface area (Å²) in [7, 11) is -4.09. The van der Waals surface area contributed by atoms with Crippen molar-refractivity contribution in [3.8, 4) is 0 Å². The van der Waals surface area contributed by atoms with E-state index < -0.39 is 28.1 Å². The topological polar surface area (TPSA) is 158 Å². The number of aromatic nitrogens is 2. The molecule has 3 aromatic rings. The molecular weight excluding hydrogens is 484 g/mol. The van der Waals surface area contributed by atoms with Crippen LogP contribution < -0.4 is 10.5 Å². The fourth-order valence-corrected chi connectivity index (χ4v) is 4.57. The second-order valence-electron chi connectivity index (χ2n) is 8.16. The van der Waals surface area contributed by atoms with Gasteiger partial charge in [0.25, 0.3) is 0 Å². The Morgan fingerprint density at radius 3 is 2.88 bits per heavy atom. The van der Waals surface area contributed by atoms with Gasteiger partial charge < -0.3 is 14.8 Å². The molecule has 1 aromatic carbocycles. The highest BCUT2D eigenvalue weighted by atomic mass is 35.5. The van der Waals surface area contributed by atoms with Crippen molar-refractivity contribution in [2.45, 2.75) is 31.4 Å². The van der Waals surface area contributed by atoms with Crippen LogP contribution in [0.25, 0.3) is 0 Å². The molecule has 34 heavy (non-hydrogen) atoms. The molecule has 10 nitrogen and oxygen atoms in total. The lowest BCUT2D eigenvalue weighted by Gasteiger charge is -2.15. The number of furan rings is 1. The first-order chi connectivity index (χ1) is 16.2. The average molecular weight is 507 g/mol. The molecule has 1 fully saturated rings. The molecule has 1 saturated carbocycles. The number of anilines is 1. The standard InChI is InChI=1S/C22H23ClN4O6S/c23-16-3-1-2-13(5-16)4-14-6-20(32-10-14)21(29)18-9-25-12-26-22(18)27-17-7-15(19(28)8-17)11-33-34(24,30)31/h1-3,5-6,9-10,12,15,17,19,28H,4,7-8,11H2,(H2,24,30,31)(H,25,26,27)/t15-,17-,19+/m1/s1. The molecule has 180 valence electrons. The lowest BCUT2D eigenvalue weighted by Crippen LogP contribution is -2.24. The maximum atomic E-state index is 13.1. The molecule has 0 bridgehead atoms. The Hall–Kier alpha value is -2.83. The number of aliphatic hydroxyl groups excluding tert-OH is 1. The third kappa shape index (κ3) is 6.19. The summed E-state index contributed by atoms with van der Waals surface area (Å²) in [5.74, 6) is -0.400. The van der Waals surface area contributed by atoms with E-state index in [4.69, 9.17) is 21.2 Å². The first-order valence-electron chi connectivity index (χ1n) is 10.5. The van der Waals surface area contributed by atoms with Crippen LogP contribution in [0.15, 0.2) is 53.5 Å². The smallest absolute Gasteiger partial charge is 0.333 e. The van der Waals surface area contributed by atoms with Crippen LogP contribution in [-0.2, 0) is 20.9 Å². The van der Waals surface area contributed by atoms with Gasteiger partial charge in [-0.3, -0.25) is 8.98 Å². The Kier molecular flexibility index (Phi) is 7.29. The summed E-state index contributed by atoms with van der Waals surface area (Å²) in [6.07, 6.45) is 4.70. The minimum absolute atomic E-state index is 0.140. The molecule has 0 saturated heterocycles. The van der Waals surface area contributed by atoms with E-state index in [2.05, 4.69) is 19.5 Å². The molecule has 4 rings (SSSR count). The number of benzene rings is 1. The molecule has 2 aromatic heterocycles. The summed E-state index contributed by atoms with van der Waals surface area (Å²) >= 11 is 6.04. The molecule has 2 heterocycles. The van der Waals surface area contributed by atoms with E-state index in [0.29, 0.717) is 24.3 Å². The molecule has 12 heteroatoms. The minimum atomic E-state index is -4.09. The predicted octanol–water partition coefficient (Wildman–Crippen LogP) is 2.32. The van der Waals surface area contributed by atoms with Gasteiger partial charge in [-0.25, -0.2) is 15.1 Å². The van der Waals surface area contributed by atoms with Crippen molar-refractivity contribution in [3.05, 3.63) is 76.6 Å². The van der Waals surface area contributed by atoms with Crippen molar-refractivity contribution in [2.24, 2.45) is 11.1 Å². The van der Waals surface area contributed by atoms with E-state index in [9.17, 15) is 18.3 Å². The van der Waals surface area contributed by atoms with Crippen LogP contribution >= 0.6 is 11.6 Å². The Labute approximate surface area is 201 Å². The van der Waals surface area contributed by atoms with Gasteiger partial charge in [-0.2, -0.15) is 8.42 Å². The zero-order valence-electron chi connectivity index (χ0n) is 17.9. The summed E-state index contributed by atoms with van der Waals surface area (Å²) in [4.78, 5) is 21.3. The van der Waals surface area contributed by atoms with Crippen molar-refractivity contribution in [3.63, 3.8) is 0 Å². The lowest BCUT2D eigenvalue weighted by molar-refractivity contribution is 0.100. The van der Waals surface area contributed by atoms with Gasteiger partial charge in [0.2, 0.25) is 5.78 Å². The van der Waals surface area contributed by atoms with Gasteiger partial charge in [-0.15, -0.1) is 0 Å². The van der Waals surface area contributed by atoms with Gasteiger partial charge in [-0.05, 0) is 42.2 Å². The fourth-order valence-electron chi connectivity index (χ4n) is 3.99. The molecule has 1 aliphatic carbocycles. The Morgan fingerprint density at radius 1 is 1.29 bits per heavy atom. The Morgan fingerprint density at radius 2 is 2.12 bits per heavy atom. The summed E-state index contributed by atoms with van der Waals surface area (Å²) in [6.45, 7) is -0.227. The van der Waals surface area contributed by atoms with E-state index in [0.717, 1.165) is 11.1 Å². The fraction of sp³-hybridized carbons (Fsp3) is 0.318. The van der Waals surface area contributed by atoms with Crippen LogP contribution in [0.1, 0.15) is 40.1 Å². The van der Waals surface area contributed by atoms with E-state index in [1.54, 1.807) is 12.1 Å². The van der Waals surface area contributed by atoms with Crippen LogP contribution in [0.3, 0.4) is 0 Å². The lowest BCUT2D eigenvalue weighted by atomic mass is 10.1. The number of carbonyl (C=O) groups excluding carboxylic acids is 1. The average Bonchev–Trinajstić information content (AvgIpc) is 3.38. The number of nitrogens with zero attached hydrogens (tertiary/aromatic N) is 2. The third-order valence-electron chi connectivity index (χ3n) is 5.58. The minimum Gasteiger partial charge on any atom is -0.461 e. The van der Waals surface area contributed by atoms with Crippen molar-refractivity contribution < 1.29 is 26.9 Å². The van der Waals surface area contributed by atoms with Crippen molar-refractivity contribution in [2.75, 3.05) is 11.9 Å². The van der Waals surface area contributed by atoms with Crippen LogP contribution in [0, 0.1) is 5.92 Å². The number of halogens is 1. The Balaban J connectivity index is 1.44. The first-order valence-corrected chi connectivity index (χ1v) is 12.3. The Bertz CT molecular complexity index is 1280. The van der Waals surface area contributed by atoms with Crippen LogP contribution in [0.4, 0.5) is 5.82 Å². The number of nitrogens with one attached hydrogen (secondary N) is 1. The van der Waals surface area contributed by atoms with Gasteiger partial charge in [0.1, 0.15) is 12.1 Å². The highest BCUT2D eigenvalue weighted by Crippen LogP contribution is 2.30. The summed E-state index contributed by atoms with van der Waals surface area (Å²) in [5, 5.41) is 18.9. The van der Waals surface area contributed by atoms with Crippen molar-refractivity contribution in [1.82, 2.24) is 9.97 Å². The molecule has 0 unspecified atom stereocenters. The van der Waals surface area contributed by atoms with Crippen LogP contribution in [-0.4, -0.2) is 48.0 Å². The largest absolute Gasteiger partial charge is 0.461 e. The molecular formula is C22H23ClN4O6S. The molecule has 0 radical (unpaired) electrons. The van der Waals surface area contributed by atoms with Crippen LogP contribution in [0.2, 0.25) is 5.02 Å². The molecule has 0 aliphatic heterocycles. The van der Waals surface area contributed by atoms with E-state index in [-0.39, 0.29) is 29.8 Å². The van der Waals surface area contributed by atoms with E-state index in [1.165, 1.54) is 18.8 Å². The highest BCUT2D eigenvalue weighted by Gasteiger charge is 2.35. The molecule has 3 atom stereocenters. The maximum absolute atomic E-state index is 13.1. The highest BCUT2D eigenvalue weighted by molar-refractivity contribution is 7.84. The number of rotatable bonds is 9. The zero-order chi connectivity index (χ0) is 24.3. The predicted molar refractivity (Wildman–Crippen MR) is 124 cm³/mol. The van der Waals surface area contributed by atoms with E-state index in [1.807, 2.05) is 18.2 Å². The number of nitrogens with two attached hydrogens (primary N) is 1. The number of aliphatic hydroxyl groups is 1. The molecule has 0 spiro atoms. The quantitative estimate of drug-likeness (QED) is 0.370. The van der Waals surface area contributed by atoms with Crippen LogP contribution in [0.5, 0.6) is 0 Å². The second kappa shape index (κ2) is 10.2. The number of ketones is 1. The van der Waals surface area contributed by atoms with Gasteiger partial charge in [-0.1, -0.05) is 23.7 Å². The van der Waals surface area contributed by atoms with Gasteiger partial charge in [0.15, 0.2) is 5.76 Å². The first kappa shape index (κ1) is 24.3. The summed E-state index contributed by atoms with van der Waals surface area (Å²) < 4.78 is 32.2.